The molecule has 5 aliphatic rings. The number of benzene rings is 6. The van der Waals surface area contributed by atoms with Gasteiger partial charge in [0.1, 0.15) is 39.2 Å². The molecule has 0 atom stereocenters. The molecular formula is C66H80B6N2S. The molecule has 9 heteroatoms. The summed E-state index contributed by atoms with van der Waals surface area (Å²) < 4.78 is 2.83. The highest BCUT2D eigenvalue weighted by atomic mass is 32.1. The lowest BCUT2D eigenvalue weighted by atomic mass is 9.35. The second kappa shape index (κ2) is 16.2. The third-order valence-corrected chi connectivity index (χ3v) is 22.2. The smallest absolute Gasteiger partial charge is 0.264 e. The van der Waals surface area contributed by atoms with Gasteiger partial charge >= 0.3 is 0 Å². The van der Waals surface area contributed by atoms with E-state index in [2.05, 4.69) is 243 Å². The summed E-state index contributed by atoms with van der Waals surface area (Å²) in [4.78, 5) is 5.55. The largest absolute Gasteiger partial charge is 0.311 e. The third kappa shape index (κ3) is 7.44. The summed E-state index contributed by atoms with van der Waals surface area (Å²) >= 11 is 2.05. The van der Waals surface area contributed by atoms with Crippen LogP contribution in [0.4, 0.5) is 34.1 Å². The molecule has 0 amide bonds. The number of rotatable bonds is 3. The summed E-state index contributed by atoms with van der Waals surface area (Å²) in [6.45, 7) is 37.1. The maximum atomic E-state index is 2.78. The molecule has 0 saturated heterocycles. The van der Waals surface area contributed by atoms with E-state index in [9.17, 15) is 0 Å². The predicted molar refractivity (Wildman–Crippen MR) is 347 cm³/mol. The number of anilines is 6. The number of hydrogen-bond donors (Lipinski definition) is 0. The molecule has 0 unspecified atom stereocenters. The summed E-state index contributed by atoms with van der Waals surface area (Å²) in [6, 6.07) is 33.5. The van der Waals surface area contributed by atoms with E-state index >= 15 is 0 Å². The third-order valence-electron chi connectivity index (χ3n) is 21.0. The van der Waals surface area contributed by atoms with Gasteiger partial charge in [0.15, 0.2) is 0 Å². The van der Waals surface area contributed by atoms with E-state index in [0.29, 0.717) is 0 Å². The van der Waals surface area contributed by atoms with Gasteiger partial charge in [0.25, 0.3) is 6.71 Å². The second-order valence-corrected chi connectivity index (χ2v) is 30.6. The first-order valence-corrected chi connectivity index (χ1v) is 29.6. The van der Waals surface area contributed by atoms with Crippen molar-refractivity contribution in [2.75, 3.05) is 9.80 Å². The van der Waals surface area contributed by atoms with Gasteiger partial charge < -0.3 is 9.80 Å². The first kappa shape index (κ1) is 51.1. The Morgan fingerprint density at radius 3 is 1.37 bits per heavy atom. The molecule has 0 saturated carbocycles. The van der Waals surface area contributed by atoms with Crippen LogP contribution in [0.2, 0.25) is 0 Å². The molecule has 75 heavy (non-hydrogen) atoms. The van der Waals surface area contributed by atoms with Crippen LogP contribution in [0.15, 0.2) is 78.9 Å². The van der Waals surface area contributed by atoms with Crippen LogP contribution in [0.5, 0.6) is 0 Å². The van der Waals surface area contributed by atoms with Crippen LogP contribution in [0, 0.1) is 0 Å². The number of thiophene rings is 1. The molecule has 378 valence electrons. The Kier molecular flexibility index (Phi) is 11.0. The molecule has 6 aromatic carbocycles. The van der Waals surface area contributed by atoms with Gasteiger partial charge in [-0.3, -0.25) is 0 Å². The quantitative estimate of drug-likeness (QED) is 0.165. The van der Waals surface area contributed by atoms with Crippen molar-refractivity contribution in [2.24, 2.45) is 0 Å². The van der Waals surface area contributed by atoms with Crippen molar-refractivity contribution in [1.82, 2.24) is 0 Å². The highest BCUT2D eigenvalue weighted by Crippen LogP contribution is 2.55. The Morgan fingerprint density at radius 1 is 0.453 bits per heavy atom. The molecule has 0 bridgehead atoms. The zero-order valence-electron chi connectivity index (χ0n) is 49.6. The van der Waals surface area contributed by atoms with Crippen LogP contribution in [0.25, 0.3) is 21.2 Å². The van der Waals surface area contributed by atoms with Crippen molar-refractivity contribution in [3.05, 3.63) is 118 Å². The summed E-state index contributed by atoms with van der Waals surface area (Å²) in [5.41, 5.74) is 31.3. The Balaban J connectivity index is 1.28. The van der Waals surface area contributed by atoms with Crippen LogP contribution >= 0.6 is 11.3 Å². The first-order chi connectivity index (χ1) is 34.8. The first-order valence-electron chi connectivity index (χ1n) is 28.8. The molecular weight excluding hydrogens is 918 g/mol. The number of nitrogens with zero attached hydrogens (tertiary/aromatic N) is 2. The zero-order chi connectivity index (χ0) is 53.8. The monoisotopic (exact) mass is 999 g/mol. The Labute approximate surface area is 460 Å². The van der Waals surface area contributed by atoms with Crippen LogP contribution in [-0.4, -0.2) is 45.9 Å². The van der Waals surface area contributed by atoms with E-state index < -0.39 is 0 Å². The van der Waals surface area contributed by atoms with Gasteiger partial charge in [-0.15, -0.1) is 27.7 Å². The minimum absolute atomic E-state index is 0.00750. The van der Waals surface area contributed by atoms with Gasteiger partial charge in [-0.2, -0.15) is 0 Å². The Hall–Kier alpha value is -4.73. The van der Waals surface area contributed by atoms with Crippen LogP contribution < -0.4 is 52.8 Å². The van der Waals surface area contributed by atoms with Crippen molar-refractivity contribution in [1.29, 1.82) is 0 Å². The normalized spacial score (nSPS) is 19.9. The second-order valence-electron chi connectivity index (χ2n) is 29.5. The molecule has 0 radical (unpaired) electrons. The van der Waals surface area contributed by atoms with Crippen molar-refractivity contribution in [3.8, 4) is 11.1 Å². The molecule has 0 N–H and O–H groups in total. The molecule has 1 aromatic heterocycles. The standard InChI is InChI=1S/C66H80B6N2S/c1-60(2,3)36-16-21-50-39(30-36)58-59(75-50)72-46-33-44-45(66(14,15)27-26-65(44,12)13)34-47(46)73(37-17-19-40-42(31-37)63(8,9)24-22-61(40,4)5)48-28-35(51-52(67)54(69)56(71)55(70)53(51)68)29-49(57(48)72)74(58)38-18-20-41-43(32-38)64(10,11)25-23-62(41,6)7/h16-21,28-34H,22-27,67-71H2,1-15H3. The molecule has 0 spiro atoms. The molecule has 2 nitrogen and oxygen atoms in total. The topological polar surface area (TPSA) is 6.48 Å². The summed E-state index contributed by atoms with van der Waals surface area (Å²) in [7, 11) is 11.8. The van der Waals surface area contributed by atoms with Gasteiger partial charge in [-0.05, 0) is 192 Å². The lowest BCUT2D eigenvalue weighted by Gasteiger charge is -2.48. The van der Waals surface area contributed by atoms with Crippen LogP contribution in [-0.2, 0) is 37.9 Å². The molecule has 0 fully saturated rings. The molecule has 2 aliphatic heterocycles. The van der Waals surface area contributed by atoms with E-state index in [1.165, 1.54) is 176 Å². The fourth-order valence-corrected chi connectivity index (χ4v) is 16.4. The number of fused-ring (bicyclic) bond motifs is 9. The number of hydrogen-bond acceptors (Lipinski definition) is 3. The Morgan fingerprint density at radius 2 is 0.880 bits per heavy atom. The van der Waals surface area contributed by atoms with E-state index in [0.717, 1.165) is 0 Å². The lowest BCUT2D eigenvalue weighted by Crippen LogP contribution is -2.61. The van der Waals surface area contributed by atoms with Gasteiger partial charge in [-0.1, -0.05) is 139 Å². The maximum Gasteiger partial charge on any atom is 0.264 e. The zero-order valence-corrected chi connectivity index (χ0v) is 50.4. The molecule has 12 rings (SSSR count). The predicted octanol–water partition coefficient (Wildman–Crippen LogP) is 8.29. The fraction of sp³-hybridized carbons (Fsp3) is 0.424. The van der Waals surface area contributed by atoms with Crippen molar-refractivity contribution < 1.29 is 0 Å². The lowest BCUT2D eigenvalue weighted by molar-refractivity contribution is 0.332. The van der Waals surface area contributed by atoms with E-state index in [4.69, 9.17) is 0 Å². The van der Waals surface area contributed by atoms with E-state index in [-0.39, 0.29) is 44.6 Å². The summed E-state index contributed by atoms with van der Waals surface area (Å²) in [5.74, 6) is 0. The van der Waals surface area contributed by atoms with Crippen molar-refractivity contribution in [2.45, 2.75) is 180 Å². The minimum Gasteiger partial charge on any atom is -0.311 e. The van der Waals surface area contributed by atoms with Crippen LogP contribution in [0.3, 0.4) is 0 Å². The van der Waals surface area contributed by atoms with Crippen molar-refractivity contribution >= 4 is 145 Å². The molecule has 7 aromatic rings. The maximum absolute atomic E-state index is 2.78. The SMILES string of the molecule is Bc1c(B)c(B)c(-c2cc3c4c(c2)N(c2ccc5c(c2)C(C)(C)CCC5(C)C)c2c(sc5ccc(C(C)(C)C)cc25)B4c2cc4c(cc2N3c2ccc3c(c2)C(C)(C)CCC3(C)C)C(C)(C)CCC4(C)C)c(B)c1B. The summed E-state index contributed by atoms with van der Waals surface area (Å²) in [5, 5.41) is 1.37. The average molecular weight is 998 g/mol. The average Bonchev–Trinajstić information content (AvgIpc) is 3.79. The van der Waals surface area contributed by atoms with Gasteiger partial charge in [0.2, 0.25) is 0 Å². The fourth-order valence-electron chi connectivity index (χ4n) is 15.1. The molecule has 3 heterocycles. The highest BCUT2D eigenvalue weighted by molar-refractivity contribution is 7.33. The van der Waals surface area contributed by atoms with Crippen molar-refractivity contribution in [3.63, 3.8) is 0 Å². The van der Waals surface area contributed by atoms with Gasteiger partial charge in [0, 0.05) is 43.3 Å². The minimum atomic E-state index is -0.00750. The Bertz CT molecular complexity index is 3610. The summed E-state index contributed by atoms with van der Waals surface area (Å²) in [6.07, 6.45) is 7.10. The molecule has 3 aliphatic carbocycles. The van der Waals surface area contributed by atoms with E-state index in [1.807, 2.05) is 0 Å². The van der Waals surface area contributed by atoms with Gasteiger partial charge in [0.05, 0.1) is 5.69 Å². The van der Waals surface area contributed by atoms with E-state index in [1.54, 1.807) is 0 Å². The van der Waals surface area contributed by atoms with Gasteiger partial charge in [-0.25, -0.2) is 0 Å². The van der Waals surface area contributed by atoms with Crippen LogP contribution in [0.1, 0.15) is 181 Å². The highest BCUT2D eigenvalue weighted by Gasteiger charge is 2.49.